The normalized spacial score (nSPS) is 21.4. The van der Waals surface area contributed by atoms with Crippen LogP contribution in [0.25, 0.3) is 10.8 Å². The lowest BCUT2D eigenvalue weighted by molar-refractivity contribution is -0.141. The van der Waals surface area contributed by atoms with E-state index in [0.29, 0.717) is 23.7 Å². The number of hydrogen-bond acceptors (Lipinski definition) is 5. The third kappa shape index (κ3) is 2.80. The molecule has 1 aromatic carbocycles. The number of hydrogen-bond donors (Lipinski definition) is 3. The zero-order valence-corrected chi connectivity index (χ0v) is 12.4. The van der Waals surface area contributed by atoms with Crippen molar-refractivity contribution in [3.8, 4) is 0 Å². The molecule has 8 heteroatoms. The van der Waals surface area contributed by atoms with E-state index in [-0.39, 0.29) is 17.3 Å². The third-order valence-electron chi connectivity index (χ3n) is 4.08. The number of carbonyl (C=O) groups is 2. The summed E-state index contributed by atoms with van der Waals surface area (Å²) in [7, 11) is 1.71. The van der Waals surface area contributed by atoms with Crippen molar-refractivity contribution in [2.45, 2.75) is 18.5 Å². The zero-order valence-electron chi connectivity index (χ0n) is 12.4. The molecule has 3 N–H and O–H groups in total. The van der Waals surface area contributed by atoms with E-state index in [1.807, 2.05) is 0 Å². The maximum absolute atomic E-state index is 12.4. The van der Waals surface area contributed by atoms with Crippen molar-refractivity contribution in [2.75, 3.05) is 13.6 Å². The average molecular weight is 316 g/mol. The van der Waals surface area contributed by atoms with Gasteiger partial charge in [0, 0.05) is 18.0 Å². The van der Waals surface area contributed by atoms with Crippen LogP contribution < -0.4 is 10.9 Å². The number of aromatic amines is 1. The SMILES string of the molecule is CN1C[C@@H](NC(=O)c2n[nH]c(=O)c3ccccc23)C[C@H]1C(=O)O. The van der Waals surface area contributed by atoms with Crippen molar-refractivity contribution in [3.05, 3.63) is 40.3 Å². The van der Waals surface area contributed by atoms with Gasteiger partial charge in [0.1, 0.15) is 6.04 Å². The topological polar surface area (TPSA) is 115 Å². The standard InChI is InChI=1S/C15H16N4O4/c1-19-7-8(6-11(19)15(22)23)16-14(21)12-9-4-2-3-5-10(9)13(20)18-17-12/h2-5,8,11H,6-7H2,1H3,(H,16,21)(H,18,20)(H,22,23)/t8-,11-/m0/s1. The number of carboxylic acids is 1. The molecule has 1 saturated heterocycles. The smallest absolute Gasteiger partial charge is 0.320 e. The number of nitrogens with zero attached hydrogens (tertiary/aromatic N) is 2. The molecule has 1 aliphatic heterocycles. The predicted octanol–water partition coefficient (Wildman–Crippen LogP) is -0.190. The number of likely N-dealkylation sites (tertiary alicyclic amines) is 1. The van der Waals surface area contributed by atoms with Gasteiger partial charge in [-0.2, -0.15) is 5.10 Å². The van der Waals surface area contributed by atoms with Crippen molar-refractivity contribution in [2.24, 2.45) is 0 Å². The number of likely N-dealkylation sites (N-methyl/N-ethyl adjacent to an activating group) is 1. The summed E-state index contributed by atoms with van der Waals surface area (Å²) in [5.74, 6) is -1.33. The molecular formula is C15H16N4O4. The van der Waals surface area contributed by atoms with Gasteiger partial charge in [-0.05, 0) is 19.5 Å². The summed E-state index contributed by atoms with van der Waals surface area (Å²) in [4.78, 5) is 37.0. The first kappa shape index (κ1) is 15.2. The zero-order chi connectivity index (χ0) is 16.6. The number of aromatic nitrogens is 2. The quantitative estimate of drug-likeness (QED) is 0.723. The van der Waals surface area contributed by atoms with Crippen molar-refractivity contribution >= 4 is 22.6 Å². The molecule has 23 heavy (non-hydrogen) atoms. The van der Waals surface area contributed by atoms with Crippen molar-refractivity contribution in [1.29, 1.82) is 0 Å². The molecule has 1 aromatic heterocycles. The second-order valence-corrected chi connectivity index (χ2v) is 5.65. The van der Waals surface area contributed by atoms with Crippen LogP contribution in [0.4, 0.5) is 0 Å². The van der Waals surface area contributed by atoms with Crippen LogP contribution in [0.5, 0.6) is 0 Å². The van der Waals surface area contributed by atoms with E-state index in [0.717, 1.165) is 0 Å². The minimum atomic E-state index is -0.906. The van der Waals surface area contributed by atoms with Crippen molar-refractivity contribution < 1.29 is 14.7 Å². The number of benzene rings is 1. The highest BCUT2D eigenvalue weighted by Crippen LogP contribution is 2.17. The predicted molar refractivity (Wildman–Crippen MR) is 82.3 cm³/mol. The number of H-pyrrole nitrogens is 1. The minimum Gasteiger partial charge on any atom is -0.480 e. The maximum Gasteiger partial charge on any atom is 0.320 e. The highest BCUT2D eigenvalue weighted by atomic mass is 16.4. The van der Waals surface area contributed by atoms with Crippen LogP contribution in [0.2, 0.25) is 0 Å². The van der Waals surface area contributed by atoms with Gasteiger partial charge in [-0.1, -0.05) is 18.2 Å². The lowest BCUT2D eigenvalue weighted by atomic mass is 10.1. The monoisotopic (exact) mass is 316 g/mol. The molecule has 0 unspecified atom stereocenters. The Kier molecular flexibility index (Phi) is 3.83. The second kappa shape index (κ2) is 5.81. The van der Waals surface area contributed by atoms with Crippen LogP contribution in [-0.2, 0) is 4.79 Å². The molecule has 0 spiro atoms. The highest BCUT2D eigenvalue weighted by Gasteiger charge is 2.35. The van der Waals surface area contributed by atoms with Gasteiger partial charge in [-0.25, -0.2) is 5.10 Å². The average Bonchev–Trinajstić information content (AvgIpc) is 2.88. The van der Waals surface area contributed by atoms with Crippen molar-refractivity contribution in [3.63, 3.8) is 0 Å². The number of amides is 1. The van der Waals surface area contributed by atoms with Gasteiger partial charge < -0.3 is 10.4 Å². The van der Waals surface area contributed by atoms with Crippen LogP contribution in [0.3, 0.4) is 0 Å². The Morgan fingerprint density at radius 1 is 1.35 bits per heavy atom. The number of nitrogens with one attached hydrogen (secondary N) is 2. The first-order valence-corrected chi connectivity index (χ1v) is 7.18. The Bertz CT molecular complexity index is 832. The maximum atomic E-state index is 12.4. The number of rotatable bonds is 3. The molecule has 8 nitrogen and oxygen atoms in total. The van der Waals surface area contributed by atoms with Crippen LogP contribution in [0, 0.1) is 0 Å². The molecule has 0 saturated carbocycles. The lowest BCUT2D eigenvalue weighted by Gasteiger charge is -2.13. The van der Waals surface area contributed by atoms with Gasteiger partial charge >= 0.3 is 5.97 Å². The molecule has 0 aliphatic carbocycles. The van der Waals surface area contributed by atoms with Gasteiger partial charge in [0.25, 0.3) is 11.5 Å². The molecule has 1 amide bonds. The summed E-state index contributed by atoms with van der Waals surface area (Å²) in [5, 5.41) is 18.9. The molecule has 1 aliphatic rings. The van der Waals surface area contributed by atoms with Crippen LogP contribution in [0.15, 0.2) is 29.1 Å². The van der Waals surface area contributed by atoms with Gasteiger partial charge in [-0.3, -0.25) is 19.3 Å². The molecule has 2 heterocycles. The van der Waals surface area contributed by atoms with Gasteiger partial charge in [-0.15, -0.1) is 0 Å². The van der Waals surface area contributed by atoms with Crippen molar-refractivity contribution in [1.82, 2.24) is 20.4 Å². The minimum absolute atomic E-state index is 0.127. The first-order chi connectivity index (χ1) is 11.0. The van der Waals surface area contributed by atoms with E-state index in [2.05, 4.69) is 15.5 Å². The van der Waals surface area contributed by atoms with E-state index < -0.39 is 17.9 Å². The van der Waals surface area contributed by atoms with Gasteiger partial charge in [0.05, 0.1) is 5.39 Å². The van der Waals surface area contributed by atoms with Gasteiger partial charge in [0.15, 0.2) is 5.69 Å². The van der Waals surface area contributed by atoms with Crippen LogP contribution in [-0.4, -0.2) is 57.8 Å². The molecular weight excluding hydrogens is 300 g/mol. The fraction of sp³-hybridized carbons (Fsp3) is 0.333. The molecule has 0 bridgehead atoms. The Balaban J connectivity index is 1.84. The van der Waals surface area contributed by atoms with Crippen LogP contribution >= 0.6 is 0 Å². The van der Waals surface area contributed by atoms with E-state index in [9.17, 15) is 14.4 Å². The Morgan fingerprint density at radius 2 is 2.04 bits per heavy atom. The molecule has 3 rings (SSSR count). The molecule has 2 aromatic rings. The van der Waals surface area contributed by atoms with E-state index in [1.54, 1.807) is 36.2 Å². The van der Waals surface area contributed by atoms with Crippen LogP contribution in [0.1, 0.15) is 16.9 Å². The molecule has 1 fully saturated rings. The molecule has 120 valence electrons. The fourth-order valence-corrected chi connectivity index (χ4v) is 2.93. The lowest BCUT2D eigenvalue weighted by Crippen LogP contribution is -2.37. The van der Waals surface area contributed by atoms with Gasteiger partial charge in [0.2, 0.25) is 0 Å². The summed E-state index contributed by atoms with van der Waals surface area (Å²) in [6.07, 6.45) is 0.332. The second-order valence-electron chi connectivity index (χ2n) is 5.65. The van der Waals surface area contributed by atoms with E-state index in [1.165, 1.54) is 0 Å². The fourth-order valence-electron chi connectivity index (χ4n) is 2.93. The molecule has 0 radical (unpaired) electrons. The Labute approximate surface area is 131 Å². The van der Waals surface area contributed by atoms with E-state index in [4.69, 9.17) is 5.11 Å². The summed E-state index contributed by atoms with van der Waals surface area (Å²) in [6.45, 7) is 0.448. The molecule has 2 atom stereocenters. The van der Waals surface area contributed by atoms with E-state index >= 15 is 0 Å². The number of aliphatic carboxylic acids is 1. The third-order valence-corrected chi connectivity index (χ3v) is 4.08. The largest absolute Gasteiger partial charge is 0.480 e. The number of carboxylic acid groups (broad SMARTS) is 1. The summed E-state index contributed by atoms with van der Waals surface area (Å²) < 4.78 is 0. The summed E-state index contributed by atoms with van der Waals surface area (Å²) in [6, 6.07) is 5.83. The summed E-state index contributed by atoms with van der Waals surface area (Å²) in [5.41, 5.74) is -0.231. The number of carbonyl (C=O) groups excluding carboxylic acids is 1. The number of fused-ring (bicyclic) bond motifs is 1. The Hall–Kier alpha value is -2.74. The highest BCUT2D eigenvalue weighted by molar-refractivity contribution is 6.04. The summed E-state index contributed by atoms with van der Waals surface area (Å²) >= 11 is 0. The first-order valence-electron chi connectivity index (χ1n) is 7.18. The Morgan fingerprint density at radius 3 is 2.70 bits per heavy atom.